The molecule has 1 unspecified atom stereocenters. The predicted octanol–water partition coefficient (Wildman–Crippen LogP) is 6.35. The zero-order chi connectivity index (χ0) is 30.8. The Balaban J connectivity index is 1.16. The molecule has 1 saturated heterocycles. The second kappa shape index (κ2) is 12.6. The number of anilines is 2. The van der Waals surface area contributed by atoms with Crippen LogP contribution >= 0.6 is 11.3 Å². The van der Waals surface area contributed by atoms with Crippen LogP contribution in [0.3, 0.4) is 0 Å². The van der Waals surface area contributed by atoms with E-state index in [9.17, 15) is 8.42 Å². The molecule has 0 bridgehead atoms. The molecule has 3 aromatic heterocycles. The van der Waals surface area contributed by atoms with Crippen LogP contribution in [0.5, 0.6) is 0 Å². The average Bonchev–Trinajstić information content (AvgIpc) is 3.45. The molecular weight excluding hydrogens is 589 g/mol. The fourth-order valence-corrected chi connectivity index (χ4v) is 8.59. The highest BCUT2D eigenvalue weighted by Gasteiger charge is 2.32. The Bertz CT molecular complexity index is 1870. The van der Waals surface area contributed by atoms with Crippen molar-refractivity contribution in [3.05, 3.63) is 101 Å². The molecule has 0 saturated carbocycles. The van der Waals surface area contributed by atoms with Gasteiger partial charge in [0.2, 0.25) is 0 Å². The molecule has 0 spiro atoms. The van der Waals surface area contributed by atoms with E-state index in [2.05, 4.69) is 82.5 Å². The lowest BCUT2D eigenvalue weighted by molar-refractivity contribution is 0.403. The highest BCUT2D eigenvalue weighted by Crippen LogP contribution is 2.36. The number of nitrogens with zero attached hydrogens (tertiary/aromatic N) is 5. The number of aromatic nitrogens is 3. The van der Waals surface area contributed by atoms with Gasteiger partial charge in [0, 0.05) is 40.7 Å². The zero-order valence-corrected chi connectivity index (χ0v) is 27.2. The largest absolute Gasteiger partial charge is 0.362 e. The standard InChI is InChI=1S/C34H38N6O2S2/c1-23(31-14-15-32(43-31)28-13-9-8-12-27(28)20-39(3)4)36-34-29-16-33(35-17-30(29)37-24(2)38-34)40-18-26(19-40)22-44(41,42)21-25-10-6-5-7-11-25/h5-17,23,26H,18-22H2,1-4H3,(H,36,37,38). The van der Waals surface area contributed by atoms with Crippen molar-refractivity contribution in [2.75, 3.05) is 43.2 Å². The summed E-state index contributed by atoms with van der Waals surface area (Å²) in [5.41, 5.74) is 4.19. The molecule has 228 valence electrons. The summed E-state index contributed by atoms with van der Waals surface area (Å²) in [5, 5.41) is 4.55. The van der Waals surface area contributed by atoms with Crippen molar-refractivity contribution in [2.24, 2.45) is 5.92 Å². The zero-order valence-electron chi connectivity index (χ0n) is 25.6. The fourth-order valence-electron chi connectivity index (χ4n) is 5.77. The molecule has 5 aromatic rings. The summed E-state index contributed by atoms with van der Waals surface area (Å²) < 4.78 is 25.6. The molecule has 10 heteroatoms. The van der Waals surface area contributed by atoms with Gasteiger partial charge < -0.3 is 15.1 Å². The van der Waals surface area contributed by atoms with E-state index in [1.165, 1.54) is 20.9 Å². The van der Waals surface area contributed by atoms with E-state index in [1.54, 1.807) is 17.5 Å². The van der Waals surface area contributed by atoms with Crippen LogP contribution in [0.15, 0.2) is 79.0 Å². The summed E-state index contributed by atoms with van der Waals surface area (Å²) in [6.45, 7) is 6.26. The lowest BCUT2D eigenvalue weighted by Crippen LogP contribution is -2.50. The van der Waals surface area contributed by atoms with Crippen LogP contribution < -0.4 is 10.2 Å². The van der Waals surface area contributed by atoms with Crippen molar-refractivity contribution >= 4 is 43.7 Å². The number of thiophene rings is 1. The van der Waals surface area contributed by atoms with Crippen LogP contribution in [-0.4, -0.2) is 61.2 Å². The molecule has 6 rings (SSSR count). The summed E-state index contributed by atoms with van der Waals surface area (Å²) in [7, 11) is 0.997. The summed E-state index contributed by atoms with van der Waals surface area (Å²) >= 11 is 1.80. The molecule has 1 N–H and O–H groups in total. The van der Waals surface area contributed by atoms with Crippen LogP contribution in [0.4, 0.5) is 11.6 Å². The average molecular weight is 627 g/mol. The molecule has 1 aliphatic rings. The first kappa shape index (κ1) is 30.2. The Kier molecular flexibility index (Phi) is 8.66. The van der Waals surface area contributed by atoms with E-state index in [1.807, 2.05) is 43.3 Å². The minimum absolute atomic E-state index is 0.0343. The molecule has 8 nitrogen and oxygen atoms in total. The van der Waals surface area contributed by atoms with Crippen LogP contribution in [0, 0.1) is 12.8 Å². The minimum atomic E-state index is -3.19. The van der Waals surface area contributed by atoms with Crippen molar-refractivity contribution < 1.29 is 8.42 Å². The Morgan fingerprint density at radius 1 is 1.02 bits per heavy atom. The Hall–Kier alpha value is -3.86. The number of nitrogens with one attached hydrogen (secondary N) is 1. The molecular formula is C34H38N6O2S2. The number of benzene rings is 2. The molecule has 2 aromatic carbocycles. The van der Waals surface area contributed by atoms with Gasteiger partial charge in [-0.25, -0.2) is 23.4 Å². The molecule has 44 heavy (non-hydrogen) atoms. The highest BCUT2D eigenvalue weighted by atomic mass is 32.2. The van der Waals surface area contributed by atoms with Gasteiger partial charge >= 0.3 is 0 Å². The second-order valence-electron chi connectivity index (χ2n) is 12.0. The highest BCUT2D eigenvalue weighted by molar-refractivity contribution is 7.90. The van der Waals surface area contributed by atoms with E-state index in [0.717, 1.165) is 34.6 Å². The van der Waals surface area contributed by atoms with E-state index in [0.29, 0.717) is 18.9 Å². The third kappa shape index (κ3) is 6.93. The molecule has 0 amide bonds. The topological polar surface area (TPSA) is 91.3 Å². The maximum atomic E-state index is 12.8. The van der Waals surface area contributed by atoms with Crippen molar-refractivity contribution in [1.82, 2.24) is 19.9 Å². The monoisotopic (exact) mass is 626 g/mol. The lowest BCUT2D eigenvalue weighted by Gasteiger charge is -2.40. The summed E-state index contributed by atoms with van der Waals surface area (Å²) in [6, 6.07) is 24.4. The van der Waals surface area contributed by atoms with Crippen LogP contribution in [0.25, 0.3) is 21.3 Å². The molecule has 1 aliphatic heterocycles. The number of sulfone groups is 1. The number of hydrogen-bond donors (Lipinski definition) is 1. The summed E-state index contributed by atoms with van der Waals surface area (Å²) in [5.74, 6) is 2.61. The van der Waals surface area contributed by atoms with Gasteiger partial charge in [-0.15, -0.1) is 11.3 Å². The van der Waals surface area contributed by atoms with Crippen molar-refractivity contribution in [1.29, 1.82) is 0 Å². The Labute approximate surface area is 263 Å². The number of hydrogen-bond acceptors (Lipinski definition) is 9. The predicted molar refractivity (Wildman–Crippen MR) is 181 cm³/mol. The molecule has 4 heterocycles. The lowest BCUT2D eigenvalue weighted by atomic mass is 10.0. The van der Waals surface area contributed by atoms with Gasteiger partial charge in [0.15, 0.2) is 9.84 Å². The molecule has 0 aliphatic carbocycles. The first-order valence-corrected chi connectivity index (χ1v) is 17.5. The maximum Gasteiger partial charge on any atom is 0.154 e. The summed E-state index contributed by atoms with van der Waals surface area (Å²) in [4.78, 5) is 20.9. The number of pyridine rings is 1. The fraction of sp³-hybridized carbons (Fsp3) is 0.324. The molecule has 1 fully saturated rings. The van der Waals surface area contributed by atoms with Gasteiger partial charge in [-0.2, -0.15) is 0 Å². The van der Waals surface area contributed by atoms with Crippen molar-refractivity contribution in [3.8, 4) is 10.4 Å². The van der Waals surface area contributed by atoms with E-state index < -0.39 is 9.84 Å². The number of rotatable bonds is 11. The second-order valence-corrected chi connectivity index (χ2v) is 15.2. The minimum Gasteiger partial charge on any atom is -0.362 e. The van der Waals surface area contributed by atoms with Crippen LogP contribution in [-0.2, 0) is 22.1 Å². The van der Waals surface area contributed by atoms with E-state index in [-0.39, 0.29) is 23.5 Å². The molecule has 1 atom stereocenters. The van der Waals surface area contributed by atoms with Gasteiger partial charge in [0.05, 0.1) is 29.3 Å². The number of fused-ring (bicyclic) bond motifs is 1. The van der Waals surface area contributed by atoms with Gasteiger partial charge in [0.1, 0.15) is 17.5 Å². The van der Waals surface area contributed by atoms with E-state index >= 15 is 0 Å². The van der Waals surface area contributed by atoms with Crippen molar-refractivity contribution in [2.45, 2.75) is 32.2 Å². The van der Waals surface area contributed by atoms with Gasteiger partial charge in [-0.05, 0) is 62.8 Å². The third-order valence-electron chi connectivity index (χ3n) is 7.86. The third-order valence-corrected chi connectivity index (χ3v) is 10.9. The normalized spacial score (nSPS) is 14.6. The van der Waals surface area contributed by atoms with Crippen LogP contribution in [0.2, 0.25) is 0 Å². The van der Waals surface area contributed by atoms with Gasteiger partial charge in [-0.3, -0.25) is 0 Å². The van der Waals surface area contributed by atoms with E-state index in [4.69, 9.17) is 4.98 Å². The SMILES string of the molecule is Cc1nc(NC(C)c2ccc(-c3ccccc3CN(C)C)s2)c2cc(N3CC(CS(=O)(=O)Cc4ccccc4)C3)ncc2n1. The Morgan fingerprint density at radius 3 is 2.55 bits per heavy atom. The van der Waals surface area contributed by atoms with Gasteiger partial charge in [-0.1, -0.05) is 54.6 Å². The van der Waals surface area contributed by atoms with Crippen LogP contribution in [0.1, 0.15) is 34.8 Å². The quantitative estimate of drug-likeness (QED) is 0.182. The maximum absolute atomic E-state index is 12.8. The Morgan fingerprint density at radius 2 is 1.77 bits per heavy atom. The first-order valence-electron chi connectivity index (χ1n) is 14.9. The first-order chi connectivity index (χ1) is 21.1. The van der Waals surface area contributed by atoms with Crippen molar-refractivity contribution in [3.63, 3.8) is 0 Å². The summed E-state index contributed by atoms with van der Waals surface area (Å²) in [6.07, 6.45) is 1.79. The molecule has 0 radical (unpaired) electrons. The smallest absolute Gasteiger partial charge is 0.154 e. The number of aryl methyl sites for hydroxylation is 1. The van der Waals surface area contributed by atoms with Gasteiger partial charge in [0.25, 0.3) is 0 Å².